The molecule has 22 heavy (non-hydrogen) atoms. The Kier molecular flexibility index (Phi) is 5.92. The first-order valence-corrected chi connectivity index (χ1v) is 7.86. The van der Waals surface area contributed by atoms with Crippen LogP contribution in [0.15, 0.2) is 6.07 Å². The van der Waals surface area contributed by atoms with Crippen LogP contribution < -0.4 is 14.2 Å². The fourth-order valence-electron chi connectivity index (χ4n) is 1.72. The van der Waals surface area contributed by atoms with Crippen molar-refractivity contribution in [2.75, 3.05) is 26.1 Å². The van der Waals surface area contributed by atoms with E-state index in [1.54, 1.807) is 13.8 Å². The van der Waals surface area contributed by atoms with Gasteiger partial charge in [0.25, 0.3) is 0 Å². The van der Waals surface area contributed by atoms with Crippen LogP contribution >= 0.6 is 0 Å². The van der Waals surface area contributed by atoms with Gasteiger partial charge in [0.05, 0.1) is 27.4 Å². The van der Waals surface area contributed by atoms with Crippen molar-refractivity contribution < 1.29 is 27.4 Å². The lowest BCUT2D eigenvalue weighted by Gasteiger charge is -2.19. The second kappa shape index (κ2) is 7.25. The van der Waals surface area contributed by atoms with E-state index in [9.17, 15) is 13.2 Å². The van der Waals surface area contributed by atoms with Crippen molar-refractivity contribution in [3.63, 3.8) is 0 Å². The van der Waals surface area contributed by atoms with Crippen LogP contribution in [0.25, 0.3) is 0 Å². The van der Waals surface area contributed by atoms with Crippen LogP contribution in [0.2, 0.25) is 0 Å². The van der Waals surface area contributed by atoms with E-state index in [-0.39, 0.29) is 17.7 Å². The van der Waals surface area contributed by atoms with E-state index in [2.05, 4.69) is 19.4 Å². The summed E-state index contributed by atoms with van der Waals surface area (Å²) in [4.78, 5) is 19.4. The molecule has 0 saturated carbocycles. The Morgan fingerprint density at radius 2 is 1.64 bits per heavy atom. The Balaban J connectivity index is 3.17. The molecular weight excluding hydrogens is 314 g/mol. The number of rotatable bonds is 7. The molecule has 0 fully saturated rings. The molecule has 1 atom stereocenters. The molecule has 0 amide bonds. The van der Waals surface area contributed by atoms with Crippen molar-refractivity contribution in [3.05, 3.63) is 6.07 Å². The first kappa shape index (κ1) is 18.0. The molecule has 1 heterocycles. The predicted octanol–water partition coefficient (Wildman–Crippen LogP) is 0.433. The number of carbonyl (C=O) groups is 1. The van der Waals surface area contributed by atoms with Gasteiger partial charge in [0.2, 0.25) is 27.7 Å². The number of ether oxygens (including phenoxy) is 3. The number of esters is 1. The number of methoxy groups -OCH3 is 3. The van der Waals surface area contributed by atoms with Crippen molar-refractivity contribution in [1.82, 2.24) is 9.97 Å². The summed E-state index contributed by atoms with van der Waals surface area (Å²) in [5, 5.41) is -1.39. The van der Waals surface area contributed by atoms with E-state index in [1.807, 2.05) is 0 Å². The molecule has 0 aromatic carbocycles. The van der Waals surface area contributed by atoms with Crippen LogP contribution in [0.4, 0.5) is 5.95 Å². The average molecular weight is 333 g/mol. The molecule has 124 valence electrons. The van der Waals surface area contributed by atoms with Gasteiger partial charge in [0.15, 0.2) is 5.25 Å². The fourth-order valence-corrected chi connectivity index (χ4v) is 3.26. The Bertz CT molecular complexity index is 609. The van der Waals surface area contributed by atoms with Crippen LogP contribution in [0, 0.1) is 5.92 Å². The fraction of sp³-hybridized carbons (Fsp3) is 0.583. The van der Waals surface area contributed by atoms with Crippen LogP contribution in [0.5, 0.6) is 11.8 Å². The molecule has 0 aliphatic carbocycles. The molecule has 1 N–H and O–H groups in total. The highest BCUT2D eigenvalue weighted by Crippen LogP contribution is 2.21. The zero-order valence-corrected chi connectivity index (χ0v) is 13.8. The molecule has 0 bridgehead atoms. The topological polar surface area (TPSA) is 117 Å². The van der Waals surface area contributed by atoms with Gasteiger partial charge >= 0.3 is 5.97 Å². The van der Waals surface area contributed by atoms with Gasteiger partial charge in [-0.1, -0.05) is 13.8 Å². The highest BCUT2D eigenvalue weighted by Gasteiger charge is 2.37. The minimum Gasteiger partial charge on any atom is -0.481 e. The molecule has 9 nitrogen and oxygen atoms in total. The molecule has 0 aliphatic heterocycles. The summed E-state index contributed by atoms with van der Waals surface area (Å²) in [6.07, 6.45) is 0. The van der Waals surface area contributed by atoms with E-state index in [0.717, 1.165) is 7.11 Å². The maximum atomic E-state index is 12.4. The molecule has 0 aliphatic rings. The molecular formula is C12H19N3O6S. The van der Waals surface area contributed by atoms with Crippen molar-refractivity contribution in [3.8, 4) is 11.8 Å². The Morgan fingerprint density at radius 1 is 1.14 bits per heavy atom. The normalized spacial score (nSPS) is 12.6. The zero-order valence-electron chi connectivity index (χ0n) is 13.0. The number of hydrogen-bond donors (Lipinski definition) is 1. The molecule has 0 spiro atoms. The average Bonchev–Trinajstić information content (AvgIpc) is 2.45. The number of nitrogens with one attached hydrogen (secondary N) is 1. The van der Waals surface area contributed by atoms with Gasteiger partial charge in [0, 0.05) is 0 Å². The van der Waals surface area contributed by atoms with Crippen molar-refractivity contribution in [2.24, 2.45) is 5.92 Å². The largest absolute Gasteiger partial charge is 0.481 e. The molecule has 1 unspecified atom stereocenters. The van der Waals surface area contributed by atoms with Crippen LogP contribution in [0.3, 0.4) is 0 Å². The molecule has 10 heteroatoms. The third-order valence-electron chi connectivity index (χ3n) is 2.70. The van der Waals surface area contributed by atoms with Gasteiger partial charge in [-0.2, -0.15) is 9.97 Å². The summed E-state index contributed by atoms with van der Waals surface area (Å²) in [6, 6.07) is 1.39. The highest BCUT2D eigenvalue weighted by molar-refractivity contribution is 7.94. The molecule has 1 aromatic rings. The number of aromatic nitrogens is 2. The van der Waals surface area contributed by atoms with Gasteiger partial charge in [-0.25, -0.2) is 8.42 Å². The van der Waals surface area contributed by atoms with E-state index >= 15 is 0 Å². The van der Waals surface area contributed by atoms with Crippen molar-refractivity contribution >= 4 is 21.9 Å². The first-order valence-electron chi connectivity index (χ1n) is 6.31. The number of hydrogen-bond acceptors (Lipinski definition) is 8. The second-order valence-corrected chi connectivity index (χ2v) is 6.41. The van der Waals surface area contributed by atoms with Gasteiger partial charge in [0.1, 0.15) is 0 Å². The lowest BCUT2D eigenvalue weighted by Crippen LogP contribution is -2.40. The number of sulfonamides is 1. The summed E-state index contributed by atoms with van der Waals surface area (Å²) < 4.78 is 41.3. The van der Waals surface area contributed by atoms with Crippen molar-refractivity contribution in [2.45, 2.75) is 19.1 Å². The molecule has 1 aromatic heterocycles. The quantitative estimate of drug-likeness (QED) is 0.714. The minimum absolute atomic E-state index is 0.115. The monoisotopic (exact) mass is 333 g/mol. The zero-order chi connectivity index (χ0) is 16.9. The van der Waals surface area contributed by atoms with Gasteiger partial charge in [-0.3, -0.25) is 9.52 Å². The minimum atomic E-state index is -4.10. The second-order valence-electron chi connectivity index (χ2n) is 4.61. The first-order chi connectivity index (χ1) is 10.2. The molecule has 0 saturated heterocycles. The SMILES string of the molecule is COC(=O)C(C(C)C)S(=O)(=O)Nc1nc(OC)cc(OC)n1. The molecule has 0 radical (unpaired) electrons. The number of anilines is 1. The van der Waals surface area contributed by atoms with Crippen LogP contribution in [0.1, 0.15) is 13.8 Å². The predicted molar refractivity (Wildman–Crippen MR) is 78.3 cm³/mol. The third-order valence-corrected chi connectivity index (χ3v) is 4.58. The summed E-state index contributed by atoms with van der Waals surface area (Å²) >= 11 is 0. The maximum absolute atomic E-state index is 12.4. The highest BCUT2D eigenvalue weighted by atomic mass is 32.2. The van der Waals surface area contributed by atoms with E-state index in [1.165, 1.54) is 20.3 Å². The number of carbonyl (C=O) groups excluding carboxylic acids is 1. The summed E-state index contributed by atoms with van der Waals surface area (Å²) in [5.74, 6) is -1.40. The summed E-state index contributed by atoms with van der Waals surface area (Å²) in [5.41, 5.74) is 0. The van der Waals surface area contributed by atoms with Gasteiger partial charge in [-0.15, -0.1) is 0 Å². The van der Waals surface area contributed by atoms with Gasteiger partial charge < -0.3 is 14.2 Å². The van der Waals surface area contributed by atoms with Crippen LogP contribution in [-0.4, -0.2) is 50.9 Å². The lowest BCUT2D eigenvalue weighted by molar-refractivity contribution is -0.140. The van der Waals surface area contributed by atoms with E-state index in [0.29, 0.717) is 0 Å². The Labute approximate surface area is 129 Å². The summed E-state index contributed by atoms with van der Waals surface area (Å²) in [7, 11) is -0.240. The van der Waals surface area contributed by atoms with Crippen molar-refractivity contribution in [1.29, 1.82) is 0 Å². The number of nitrogens with zero attached hydrogens (tertiary/aromatic N) is 2. The lowest BCUT2D eigenvalue weighted by atomic mass is 10.1. The third kappa shape index (κ3) is 4.20. The van der Waals surface area contributed by atoms with Gasteiger partial charge in [-0.05, 0) is 5.92 Å². The Hall–Kier alpha value is -2.10. The van der Waals surface area contributed by atoms with Crippen LogP contribution in [-0.2, 0) is 19.6 Å². The van der Waals surface area contributed by atoms with E-state index < -0.39 is 27.2 Å². The molecule has 1 rings (SSSR count). The summed E-state index contributed by atoms with van der Waals surface area (Å²) in [6.45, 7) is 3.18. The maximum Gasteiger partial charge on any atom is 0.326 e. The van der Waals surface area contributed by atoms with E-state index in [4.69, 9.17) is 9.47 Å². The smallest absolute Gasteiger partial charge is 0.326 e. The Morgan fingerprint density at radius 3 is 2.00 bits per heavy atom. The standard InChI is InChI=1S/C12H19N3O6S/c1-7(2)10(11(16)21-5)22(17,18)15-12-13-8(19-3)6-9(14-12)20-4/h6-7,10H,1-5H3,(H,13,14,15).